The Morgan fingerprint density at radius 2 is 0.824 bits per heavy atom. The second-order valence-corrected chi connectivity index (χ2v) is 13.7. The molecule has 0 amide bonds. The Balaban J connectivity index is 0.000000172. The molecule has 7 nitrogen and oxygen atoms in total. The number of anilines is 3. The third-order valence-electron chi connectivity index (χ3n) is 10.5. The number of benzene rings is 3. The highest BCUT2D eigenvalue weighted by atomic mass is 19.1. The van der Waals surface area contributed by atoms with Gasteiger partial charge < -0.3 is 24.3 Å². The van der Waals surface area contributed by atoms with Crippen molar-refractivity contribution in [3.8, 4) is 0 Å². The lowest BCUT2D eigenvalue weighted by Crippen LogP contribution is -2.47. The highest BCUT2D eigenvalue weighted by Gasteiger charge is 2.21. The van der Waals surface area contributed by atoms with Gasteiger partial charge in [0.25, 0.3) is 0 Å². The van der Waals surface area contributed by atoms with Crippen LogP contribution >= 0.6 is 0 Å². The molecule has 0 aliphatic carbocycles. The monoisotopic (exact) mass is 710 g/mol. The molecule has 3 aromatic carbocycles. The predicted octanol–water partition coefficient (Wildman–Crippen LogP) is 6.84. The van der Waals surface area contributed by atoms with E-state index in [1.807, 2.05) is 39.0 Å². The minimum absolute atomic E-state index is 0.0986. The number of halogens is 3. The number of likely N-dealkylation sites (N-methyl/N-ethyl adjacent to an activating group) is 1. The van der Waals surface area contributed by atoms with E-state index in [4.69, 9.17) is 4.74 Å². The van der Waals surface area contributed by atoms with Crippen LogP contribution in [-0.2, 0) is 4.74 Å². The highest BCUT2D eigenvalue weighted by Crippen LogP contribution is 2.25. The lowest BCUT2D eigenvalue weighted by atomic mass is 10.1. The quantitative estimate of drug-likeness (QED) is 0.240. The molecule has 3 aliphatic heterocycles. The van der Waals surface area contributed by atoms with E-state index >= 15 is 0 Å². The van der Waals surface area contributed by atoms with E-state index < -0.39 is 0 Å². The molecular formula is C41H61F3N6O. The lowest BCUT2D eigenvalue weighted by Gasteiger charge is -2.36. The van der Waals surface area contributed by atoms with Crippen LogP contribution in [0.1, 0.15) is 37.0 Å². The predicted molar refractivity (Wildman–Crippen MR) is 207 cm³/mol. The van der Waals surface area contributed by atoms with Crippen molar-refractivity contribution in [2.75, 3.05) is 127 Å². The summed E-state index contributed by atoms with van der Waals surface area (Å²) in [5, 5.41) is 0. The van der Waals surface area contributed by atoms with E-state index in [9.17, 15) is 13.2 Å². The Bertz CT molecular complexity index is 1470. The number of ether oxygens (including phenoxy) is 1. The summed E-state index contributed by atoms with van der Waals surface area (Å²) in [6, 6.07) is 16.0. The van der Waals surface area contributed by atoms with Crippen molar-refractivity contribution in [2.45, 2.75) is 41.0 Å². The average molecular weight is 711 g/mol. The molecule has 3 saturated heterocycles. The lowest BCUT2D eigenvalue weighted by molar-refractivity contribution is 0.144. The van der Waals surface area contributed by atoms with Crippen LogP contribution in [0, 0.1) is 38.2 Å². The summed E-state index contributed by atoms with van der Waals surface area (Å²) in [6.45, 7) is 26.3. The van der Waals surface area contributed by atoms with Gasteiger partial charge in [0.05, 0.1) is 6.61 Å². The van der Waals surface area contributed by atoms with E-state index in [1.54, 1.807) is 25.3 Å². The second kappa shape index (κ2) is 20.7. The zero-order valence-electron chi connectivity index (χ0n) is 31.9. The van der Waals surface area contributed by atoms with Gasteiger partial charge >= 0.3 is 0 Å². The third-order valence-corrected chi connectivity index (χ3v) is 10.5. The number of hydrogen-bond donors (Lipinski definition) is 0. The molecule has 0 radical (unpaired) electrons. The van der Waals surface area contributed by atoms with Gasteiger partial charge in [-0.05, 0) is 76.7 Å². The molecule has 6 rings (SSSR count). The fourth-order valence-electron chi connectivity index (χ4n) is 7.08. The minimum Gasteiger partial charge on any atom is -0.383 e. The van der Waals surface area contributed by atoms with Crippen molar-refractivity contribution in [1.82, 2.24) is 14.7 Å². The van der Waals surface area contributed by atoms with Crippen LogP contribution in [0.4, 0.5) is 30.2 Å². The maximum atomic E-state index is 13.5. The van der Waals surface area contributed by atoms with Crippen molar-refractivity contribution in [3.05, 3.63) is 88.7 Å². The van der Waals surface area contributed by atoms with Gasteiger partial charge in [-0.3, -0.25) is 9.80 Å². The smallest absolute Gasteiger partial charge is 0.128 e. The zero-order valence-corrected chi connectivity index (χ0v) is 31.9. The zero-order chi connectivity index (χ0) is 36.8. The molecule has 282 valence electrons. The van der Waals surface area contributed by atoms with Crippen LogP contribution in [0.2, 0.25) is 0 Å². The van der Waals surface area contributed by atoms with Crippen LogP contribution in [0.3, 0.4) is 0 Å². The summed E-state index contributed by atoms with van der Waals surface area (Å²) >= 11 is 0. The average Bonchev–Trinajstić information content (AvgIpc) is 3.15. The van der Waals surface area contributed by atoms with E-state index in [2.05, 4.69) is 43.2 Å². The van der Waals surface area contributed by atoms with Crippen LogP contribution in [-0.4, -0.2) is 127 Å². The van der Waals surface area contributed by atoms with Gasteiger partial charge in [0.15, 0.2) is 0 Å². The molecule has 10 heteroatoms. The Labute approximate surface area is 305 Å². The summed E-state index contributed by atoms with van der Waals surface area (Å²) in [5.41, 5.74) is 5.44. The summed E-state index contributed by atoms with van der Waals surface area (Å²) in [7, 11) is 1.73. The van der Waals surface area contributed by atoms with Crippen molar-refractivity contribution in [2.24, 2.45) is 0 Å². The Morgan fingerprint density at radius 1 is 0.490 bits per heavy atom. The molecule has 3 fully saturated rings. The maximum absolute atomic E-state index is 13.5. The van der Waals surface area contributed by atoms with Crippen LogP contribution < -0.4 is 14.7 Å². The third kappa shape index (κ3) is 11.6. The first-order valence-electron chi connectivity index (χ1n) is 18.8. The number of nitrogens with zero attached hydrogens (tertiary/aromatic N) is 6. The minimum atomic E-state index is -0.116. The largest absolute Gasteiger partial charge is 0.383 e. The maximum Gasteiger partial charge on any atom is 0.128 e. The summed E-state index contributed by atoms with van der Waals surface area (Å²) < 4.78 is 45.5. The van der Waals surface area contributed by atoms with E-state index in [0.29, 0.717) is 0 Å². The topological polar surface area (TPSA) is 28.7 Å². The molecule has 0 spiro atoms. The van der Waals surface area contributed by atoms with Crippen LogP contribution in [0.5, 0.6) is 0 Å². The summed E-state index contributed by atoms with van der Waals surface area (Å²) in [4.78, 5) is 14.1. The molecule has 3 heterocycles. The number of rotatable bonds is 9. The van der Waals surface area contributed by atoms with E-state index in [0.717, 1.165) is 132 Å². The van der Waals surface area contributed by atoms with E-state index in [-0.39, 0.29) is 17.5 Å². The van der Waals surface area contributed by atoms with Gasteiger partial charge in [-0.25, -0.2) is 13.2 Å². The van der Waals surface area contributed by atoms with Crippen molar-refractivity contribution in [3.63, 3.8) is 0 Å². The number of piperazine rings is 3. The van der Waals surface area contributed by atoms with Gasteiger partial charge in [-0.2, -0.15) is 0 Å². The van der Waals surface area contributed by atoms with Crippen molar-refractivity contribution in [1.29, 1.82) is 0 Å². The van der Waals surface area contributed by atoms with Gasteiger partial charge in [0, 0.05) is 126 Å². The molecular weight excluding hydrogens is 649 g/mol. The van der Waals surface area contributed by atoms with Crippen molar-refractivity contribution >= 4 is 17.1 Å². The summed E-state index contributed by atoms with van der Waals surface area (Å²) in [6.07, 6.45) is 1.21. The molecule has 0 unspecified atom stereocenters. The van der Waals surface area contributed by atoms with Gasteiger partial charge in [-0.15, -0.1) is 0 Å². The van der Waals surface area contributed by atoms with Gasteiger partial charge in [-0.1, -0.05) is 32.0 Å². The first kappa shape index (κ1) is 40.5. The van der Waals surface area contributed by atoms with Crippen LogP contribution in [0.25, 0.3) is 0 Å². The Hall–Kier alpha value is -3.31. The first-order chi connectivity index (χ1) is 24.7. The molecule has 0 bridgehead atoms. The molecule has 3 aliphatic rings. The normalized spacial score (nSPS) is 17.5. The molecule has 0 atom stereocenters. The second-order valence-electron chi connectivity index (χ2n) is 13.7. The molecule has 0 N–H and O–H groups in total. The fourth-order valence-corrected chi connectivity index (χ4v) is 7.08. The molecule has 3 aromatic rings. The summed E-state index contributed by atoms with van der Waals surface area (Å²) in [5.74, 6) is -0.316. The Morgan fingerprint density at radius 3 is 1.14 bits per heavy atom. The molecule has 0 saturated carbocycles. The van der Waals surface area contributed by atoms with Gasteiger partial charge in [0.1, 0.15) is 17.5 Å². The van der Waals surface area contributed by atoms with E-state index in [1.165, 1.54) is 31.2 Å². The first-order valence-corrected chi connectivity index (χ1v) is 18.8. The number of hydrogen-bond acceptors (Lipinski definition) is 7. The Kier molecular flexibility index (Phi) is 16.4. The molecule has 51 heavy (non-hydrogen) atoms. The number of methoxy groups -OCH3 is 1. The molecule has 0 aromatic heterocycles. The standard InChI is InChI=1S/C14H21FN2O.C14H21FN2.C13H19FN2/c1-12-13(15)4-3-5-14(12)17-8-6-16(7-9-17)10-11-18-2;1-3-7-16-8-10-17(11-9-16)14-6-4-5-13(15)12(14)2;1-3-15-7-9-16(10-8-15)13-6-4-5-12(14)11(13)2/h3-5H,6-11H2,1-2H3;4-6H,3,7-11H2,1-2H3;4-6H,3,7-10H2,1-2H3. The van der Waals surface area contributed by atoms with Crippen LogP contribution in [0.15, 0.2) is 54.6 Å². The SMILES string of the molecule is CCCN1CCN(c2cccc(F)c2C)CC1.CCN1CCN(c2cccc(F)c2C)CC1.COCCN1CCN(c2cccc(F)c2C)CC1. The van der Waals surface area contributed by atoms with Crippen molar-refractivity contribution < 1.29 is 17.9 Å². The highest BCUT2D eigenvalue weighted by molar-refractivity contribution is 5.55. The van der Waals surface area contributed by atoms with Gasteiger partial charge in [0.2, 0.25) is 0 Å². The fraction of sp³-hybridized carbons (Fsp3) is 0.561.